The third-order valence-corrected chi connectivity index (χ3v) is 10.8. The van der Waals surface area contributed by atoms with Crippen molar-refractivity contribution in [2.45, 2.75) is 23.9 Å². The fraction of sp³-hybridized carbons (Fsp3) is 0.233. The molecule has 3 aromatic rings. The fourth-order valence-corrected chi connectivity index (χ4v) is 7.73. The van der Waals surface area contributed by atoms with Gasteiger partial charge in [-0.3, -0.25) is 14.5 Å². The summed E-state index contributed by atoms with van der Waals surface area (Å²) in [6, 6.07) is 21.2. The number of carbonyl (C=O) groups is 4. The van der Waals surface area contributed by atoms with Crippen LogP contribution in [0.2, 0.25) is 0 Å². The predicted molar refractivity (Wildman–Crippen MR) is 177 cm³/mol. The normalized spacial score (nSPS) is 17.7. The van der Waals surface area contributed by atoms with Gasteiger partial charge in [-0.05, 0) is 46.5 Å². The summed E-state index contributed by atoms with van der Waals surface area (Å²) < 4.78 is 7.53. The van der Waals surface area contributed by atoms with E-state index in [1.165, 1.54) is 61.8 Å². The number of ether oxygens (including phenoxy) is 1. The Labute approximate surface area is 271 Å². The van der Waals surface area contributed by atoms with Gasteiger partial charge in [0.2, 0.25) is 5.91 Å². The second kappa shape index (κ2) is 14.8. The van der Waals surface area contributed by atoms with Crippen molar-refractivity contribution in [1.29, 1.82) is 0 Å². The molecule has 0 saturated carbocycles. The number of fused-ring (bicyclic) bond motifs is 1. The van der Waals surface area contributed by atoms with Gasteiger partial charge in [-0.2, -0.15) is 5.10 Å². The molecular formula is C30H29N5O5S4. The average molecular weight is 668 g/mol. The highest BCUT2D eigenvalue weighted by Crippen LogP contribution is 2.41. The maximum absolute atomic E-state index is 14.0. The van der Waals surface area contributed by atoms with Gasteiger partial charge in [0, 0.05) is 28.7 Å². The van der Waals surface area contributed by atoms with Gasteiger partial charge in [0.15, 0.2) is 6.10 Å². The first-order valence-electron chi connectivity index (χ1n) is 13.4. The number of nitrogens with one attached hydrogen (secondary N) is 2. The maximum Gasteiger partial charge on any atom is 0.358 e. The molecule has 1 aromatic heterocycles. The number of carbonyl (C=O) groups excluding carboxylic acids is 4. The van der Waals surface area contributed by atoms with E-state index in [1.807, 2.05) is 78.2 Å². The predicted octanol–water partition coefficient (Wildman–Crippen LogP) is 4.83. The summed E-state index contributed by atoms with van der Waals surface area (Å²) >= 11 is 5.31. The fourth-order valence-electron chi connectivity index (χ4n) is 4.72. The van der Waals surface area contributed by atoms with Gasteiger partial charge in [-0.15, -0.1) is 23.1 Å². The van der Waals surface area contributed by atoms with Crippen LogP contribution in [0.15, 0.2) is 94.5 Å². The van der Waals surface area contributed by atoms with Gasteiger partial charge in [0.1, 0.15) is 17.1 Å². The molecule has 4 amide bonds. The van der Waals surface area contributed by atoms with E-state index in [9.17, 15) is 19.2 Å². The van der Waals surface area contributed by atoms with Crippen LogP contribution in [0.3, 0.4) is 0 Å². The molecule has 5 rings (SSSR count). The zero-order valence-corrected chi connectivity index (χ0v) is 27.0. The molecule has 228 valence electrons. The summed E-state index contributed by atoms with van der Waals surface area (Å²) in [5.74, 6) is -1.11. The van der Waals surface area contributed by atoms with E-state index in [-0.39, 0.29) is 18.0 Å². The highest BCUT2D eigenvalue weighted by Gasteiger charge is 2.54. The molecule has 44 heavy (non-hydrogen) atoms. The molecule has 0 spiro atoms. The summed E-state index contributed by atoms with van der Waals surface area (Å²) in [5.41, 5.74) is 4.42. The van der Waals surface area contributed by atoms with E-state index < -0.39 is 35.4 Å². The monoisotopic (exact) mass is 667 g/mol. The van der Waals surface area contributed by atoms with Crippen LogP contribution in [-0.4, -0.2) is 68.3 Å². The van der Waals surface area contributed by atoms with Crippen molar-refractivity contribution < 1.29 is 23.9 Å². The highest BCUT2D eigenvalue weighted by atomic mass is 32.2. The Kier molecular flexibility index (Phi) is 10.7. The van der Waals surface area contributed by atoms with E-state index in [1.54, 1.807) is 12.5 Å². The van der Waals surface area contributed by atoms with E-state index in [0.29, 0.717) is 11.3 Å². The minimum Gasteiger partial charge on any atom is -0.448 e. The maximum atomic E-state index is 14.0. The number of urea groups is 1. The van der Waals surface area contributed by atoms with Crippen LogP contribution in [0, 0.1) is 0 Å². The average Bonchev–Trinajstić information content (AvgIpc) is 3.56. The number of rotatable bonds is 11. The second-order valence-electron chi connectivity index (χ2n) is 9.49. The van der Waals surface area contributed by atoms with Crippen LogP contribution < -0.4 is 10.7 Å². The number of amides is 4. The lowest BCUT2D eigenvalue weighted by atomic mass is 10.0. The molecule has 2 aliphatic heterocycles. The summed E-state index contributed by atoms with van der Waals surface area (Å²) in [7, 11) is 0. The summed E-state index contributed by atoms with van der Waals surface area (Å²) in [6.07, 6.45) is 4.31. The van der Waals surface area contributed by atoms with Crippen LogP contribution in [0.1, 0.15) is 22.1 Å². The summed E-state index contributed by atoms with van der Waals surface area (Å²) in [6.45, 7) is 0. The lowest BCUT2D eigenvalue weighted by Gasteiger charge is -2.49. The van der Waals surface area contributed by atoms with Crippen molar-refractivity contribution in [2.75, 3.05) is 18.3 Å². The van der Waals surface area contributed by atoms with Crippen molar-refractivity contribution in [3.8, 4) is 0 Å². The van der Waals surface area contributed by atoms with Gasteiger partial charge in [-0.1, -0.05) is 66.7 Å². The number of thiophene rings is 1. The molecule has 0 bridgehead atoms. The van der Waals surface area contributed by atoms with E-state index >= 15 is 0 Å². The number of benzene rings is 2. The first kappa shape index (κ1) is 31.7. The number of hydrogen-bond acceptors (Lipinski definition) is 10. The Balaban J connectivity index is 1.42. The van der Waals surface area contributed by atoms with Crippen molar-refractivity contribution in [2.24, 2.45) is 5.10 Å². The summed E-state index contributed by atoms with van der Waals surface area (Å²) in [4.78, 5) is 54.9. The molecule has 2 aromatic carbocycles. The van der Waals surface area contributed by atoms with Crippen LogP contribution in [0.25, 0.3) is 0 Å². The molecule has 0 radical (unpaired) electrons. The molecule has 14 heteroatoms. The third-order valence-electron chi connectivity index (χ3n) is 6.73. The summed E-state index contributed by atoms with van der Waals surface area (Å²) in [5, 5.41) is 8.30. The molecule has 1 fully saturated rings. The minimum absolute atomic E-state index is 0.0314. The zero-order valence-electron chi connectivity index (χ0n) is 23.7. The Morgan fingerprint density at radius 3 is 2.30 bits per heavy atom. The first-order valence-corrected chi connectivity index (χ1v) is 17.7. The lowest BCUT2D eigenvalue weighted by Crippen LogP contribution is -2.70. The molecule has 10 nitrogen and oxygen atoms in total. The Hall–Kier alpha value is -3.72. The lowest BCUT2D eigenvalue weighted by molar-refractivity contribution is -0.154. The van der Waals surface area contributed by atoms with Crippen LogP contribution in [-0.2, 0) is 25.5 Å². The van der Waals surface area contributed by atoms with Crippen molar-refractivity contribution >= 4 is 77.0 Å². The number of hydrogen-bond donors (Lipinski definition) is 2. The number of esters is 1. The Morgan fingerprint density at radius 1 is 1.05 bits per heavy atom. The van der Waals surface area contributed by atoms with Crippen molar-refractivity contribution in [3.63, 3.8) is 0 Å². The molecule has 0 aliphatic carbocycles. The van der Waals surface area contributed by atoms with E-state index in [0.717, 1.165) is 16.0 Å². The third kappa shape index (κ3) is 7.15. The second-order valence-corrected chi connectivity index (χ2v) is 13.3. The Bertz CT molecular complexity index is 1510. The van der Waals surface area contributed by atoms with Gasteiger partial charge in [0.05, 0.1) is 12.6 Å². The molecule has 2 N–H and O–H groups in total. The molecule has 3 heterocycles. The van der Waals surface area contributed by atoms with Crippen LogP contribution in [0.4, 0.5) is 4.79 Å². The molecule has 1 saturated heterocycles. The smallest absolute Gasteiger partial charge is 0.358 e. The molecule has 1 unspecified atom stereocenters. The van der Waals surface area contributed by atoms with Crippen molar-refractivity contribution in [3.05, 3.63) is 105 Å². The van der Waals surface area contributed by atoms with Gasteiger partial charge in [0.25, 0.3) is 5.91 Å². The number of β-lactam (4-membered cyclic amide) rings is 1. The Morgan fingerprint density at radius 2 is 1.70 bits per heavy atom. The SMILES string of the molecule is CSN(SC)C(=O)N/N=C/C1=C(C(=O)OC(c2ccccc2)c2ccccc2)N2C(=O)C(NC(=O)Cc3cccs3)[C@H]2SC1. The molecular weight excluding hydrogens is 639 g/mol. The number of hydrazone groups is 1. The standard InChI is InChI=1S/C30H29N5O5S4/c1-41-35(42-2)30(39)33-31-17-21-18-44-28-24(32-23(36)16-22-14-9-15-43-22)27(37)34(28)25(21)29(38)40-26(19-10-5-3-6-11-19)20-12-7-4-8-13-20/h3-15,17,24,26,28H,16,18H2,1-2H3,(H,32,36)(H,33,39)/b31-17+/t24?,28-/m1/s1. The largest absolute Gasteiger partial charge is 0.448 e. The zero-order chi connectivity index (χ0) is 31.1. The van der Waals surface area contributed by atoms with Gasteiger partial charge >= 0.3 is 12.0 Å². The molecule has 2 atom stereocenters. The molecule has 2 aliphatic rings. The van der Waals surface area contributed by atoms with Gasteiger partial charge in [-0.25, -0.2) is 18.7 Å². The van der Waals surface area contributed by atoms with E-state index in [4.69, 9.17) is 4.74 Å². The van der Waals surface area contributed by atoms with Crippen LogP contribution in [0.5, 0.6) is 0 Å². The van der Waals surface area contributed by atoms with E-state index in [2.05, 4.69) is 15.8 Å². The van der Waals surface area contributed by atoms with Crippen LogP contribution >= 0.6 is 47.0 Å². The quantitative estimate of drug-likeness (QED) is 0.0982. The topological polar surface area (TPSA) is 120 Å². The van der Waals surface area contributed by atoms with Gasteiger partial charge < -0.3 is 10.1 Å². The van der Waals surface area contributed by atoms with Crippen molar-refractivity contribution in [1.82, 2.24) is 19.4 Å². The number of nitrogens with zero attached hydrogens (tertiary/aromatic N) is 3. The highest BCUT2D eigenvalue weighted by molar-refractivity contribution is 8.12. The minimum atomic E-state index is -0.788. The first-order chi connectivity index (χ1) is 21.4. The number of thioether (sulfide) groups is 1.